The van der Waals surface area contributed by atoms with Gasteiger partial charge in [0.25, 0.3) is 0 Å². The first kappa shape index (κ1) is 16.9. The molecule has 0 fully saturated rings. The lowest BCUT2D eigenvalue weighted by atomic mass is 10.1. The van der Waals surface area contributed by atoms with E-state index in [1.165, 1.54) is 0 Å². The Morgan fingerprint density at radius 2 is 1.15 bits per heavy atom. The number of rotatable bonds is 6. The quantitative estimate of drug-likeness (QED) is 0.389. The second kappa shape index (κ2) is 7.75. The Morgan fingerprint density at radius 3 is 1.85 bits per heavy atom. The summed E-state index contributed by atoms with van der Waals surface area (Å²) in [5.74, 6) is 3.07. The van der Waals surface area contributed by atoms with Crippen molar-refractivity contribution in [3.63, 3.8) is 0 Å². The van der Waals surface area contributed by atoms with Gasteiger partial charge in [-0.3, -0.25) is 0 Å². The summed E-state index contributed by atoms with van der Waals surface area (Å²) in [7, 11) is 0. The summed E-state index contributed by atoms with van der Waals surface area (Å²) in [6.07, 6.45) is 1.36. The SMILES string of the molecule is O=CCc1ccc2cc(Oc3ccc(Oc4ccccc4)cc3)ccc2c1. The predicted molar refractivity (Wildman–Crippen MR) is 107 cm³/mol. The maximum Gasteiger partial charge on any atom is 0.128 e. The fourth-order valence-corrected chi connectivity index (χ4v) is 2.90. The maximum atomic E-state index is 10.7. The van der Waals surface area contributed by atoms with Gasteiger partial charge in [0.05, 0.1) is 0 Å². The Morgan fingerprint density at radius 1 is 0.593 bits per heavy atom. The van der Waals surface area contributed by atoms with Gasteiger partial charge in [-0.1, -0.05) is 42.5 Å². The summed E-state index contributed by atoms with van der Waals surface area (Å²) in [5, 5.41) is 2.17. The van der Waals surface area contributed by atoms with Crippen molar-refractivity contribution in [2.75, 3.05) is 0 Å². The minimum Gasteiger partial charge on any atom is -0.457 e. The molecule has 0 bridgehead atoms. The van der Waals surface area contributed by atoms with Crippen LogP contribution in [0.2, 0.25) is 0 Å². The Bertz CT molecular complexity index is 1050. The van der Waals surface area contributed by atoms with Crippen molar-refractivity contribution in [1.29, 1.82) is 0 Å². The summed E-state index contributed by atoms with van der Waals surface area (Å²) in [6.45, 7) is 0. The van der Waals surface area contributed by atoms with Gasteiger partial charge in [0.2, 0.25) is 0 Å². The molecule has 0 aliphatic rings. The molecule has 0 aromatic heterocycles. The van der Waals surface area contributed by atoms with E-state index in [2.05, 4.69) is 0 Å². The highest BCUT2D eigenvalue weighted by Crippen LogP contribution is 2.29. The first-order valence-corrected chi connectivity index (χ1v) is 8.77. The first-order chi connectivity index (χ1) is 13.3. The van der Waals surface area contributed by atoms with E-state index in [1.807, 2.05) is 91.0 Å². The first-order valence-electron chi connectivity index (χ1n) is 8.77. The number of hydrogen-bond donors (Lipinski definition) is 0. The molecular formula is C24H18O3. The van der Waals surface area contributed by atoms with Gasteiger partial charge in [0.15, 0.2) is 0 Å². The van der Waals surface area contributed by atoms with E-state index in [1.54, 1.807) is 0 Å². The van der Waals surface area contributed by atoms with E-state index in [-0.39, 0.29) is 0 Å². The Balaban J connectivity index is 1.48. The predicted octanol–water partition coefficient (Wildman–Crippen LogP) is 6.17. The Labute approximate surface area is 157 Å². The topological polar surface area (TPSA) is 35.5 Å². The van der Waals surface area contributed by atoms with Crippen molar-refractivity contribution >= 4 is 17.1 Å². The molecule has 0 radical (unpaired) electrons. The summed E-state index contributed by atoms with van der Waals surface area (Å²) >= 11 is 0. The highest BCUT2D eigenvalue weighted by molar-refractivity contribution is 5.85. The fraction of sp³-hybridized carbons (Fsp3) is 0.0417. The van der Waals surface area contributed by atoms with Crippen LogP contribution in [-0.2, 0) is 11.2 Å². The third-order valence-electron chi connectivity index (χ3n) is 4.23. The van der Waals surface area contributed by atoms with E-state index in [0.29, 0.717) is 6.42 Å². The number of fused-ring (bicyclic) bond motifs is 1. The second-order valence-corrected chi connectivity index (χ2v) is 6.20. The van der Waals surface area contributed by atoms with E-state index in [4.69, 9.17) is 9.47 Å². The lowest BCUT2D eigenvalue weighted by molar-refractivity contribution is -0.107. The summed E-state index contributed by atoms with van der Waals surface area (Å²) in [4.78, 5) is 10.7. The third-order valence-corrected chi connectivity index (χ3v) is 4.23. The van der Waals surface area contributed by atoms with Crippen molar-refractivity contribution in [2.45, 2.75) is 6.42 Å². The molecule has 0 aliphatic carbocycles. The van der Waals surface area contributed by atoms with Crippen LogP contribution in [0.3, 0.4) is 0 Å². The smallest absolute Gasteiger partial charge is 0.128 e. The molecule has 0 saturated heterocycles. The van der Waals surface area contributed by atoms with Gasteiger partial charge in [0.1, 0.15) is 29.3 Å². The zero-order valence-corrected chi connectivity index (χ0v) is 14.7. The zero-order chi connectivity index (χ0) is 18.5. The third kappa shape index (κ3) is 4.15. The molecule has 3 heteroatoms. The van der Waals surface area contributed by atoms with Gasteiger partial charge >= 0.3 is 0 Å². The van der Waals surface area contributed by atoms with Crippen LogP contribution in [0.4, 0.5) is 0 Å². The number of carbonyl (C=O) groups excluding carboxylic acids is 1. The molecule has 0 heterocycles. The number of ether oxygens (including phenoxy) is 2. The van der Waals surface area contributed by atoms with Gasteiger partial charge in [-0.2, -0.15) is 0 Å². The average molecular weight is 354 g/mol. The molecular weight excluding hydrogens is 336 g/mol. The Hall–Kier alpha value is -3.59. The van der Waals surface area contributed by atoms with Crippen LogP contribution in [0.15, 0.2) is 91.0 Å². The number of carbonyl (C=O) groups is 1. The maximum absolute atomic E-state index is 10.7. The van der Waals surface area contributed by atoms with E-state index in [0.717, 1.165) is 45.6 Å². The molecule has 0 N–H and O–H groups in total. The lowest BCUT2D eigenvalue weighted by Gasteiger charge is -2.09. The minimum absolute atomic E-state index is 0.436. The largest absolute Gasteiger partial charge is 0.457 e. The van der Waals surface area contributed by atoms with Crippen LogP contribution in [-0.4, -0.2) is 6.29 Å². The molecule has 132 valence electrons. The number of hydrogen-bond acceptors (Lipinski definition) is 3. The summed E-state index contributed by atoms with van der Waals surface area (Å²) in [5.41, 5.74) is 1.01. The minimum atomic E-state index is 0.436. The van der Waals surface area contributed by atoms with Gasteiger partial charge < -0.3 is 14.3 Å². The van der Waals surface area contributed by atoms with Gasteiger partial charge in [-0.15, -0.1) is 0 Å². The van der Waals surface area contributed by atoms with Crippen LogP contribution >= 0.6 is 0 Å². The molecule has 0 amide bonds. The second-order valence-electron chi connectivity index (χ2n) is 6.20. The molecule has 0 atom stereocenters. The van der Waals surface area contributed by atoms with Crippen LogP contribution in [0, 0.1) is 0 Å². The molecule has 0 aliphatic heterocycles. The van der Waals surface area contributed by atoms with Crippen molar-refractivity contribution in [3.8, 4) is 23.0 Å². The number of aldehydes is 1. The lowest BCUT2D eigenvalue weighted by Crippen LogP contribution is -1.88. The monoisotopic (exact) mass is 354 g/mol. The standard InChI is InChI=1S/C24H18O3/c25-15-14-18-6-7-20-17-24(9-8-19(20)16-18)27-23-12-10-22(11-13-23)26-21-4-2-1-3-5-21/h1-13,15-17H,14H2. The molecule has 4 aromatic carbocycles. The number of benzene rings is 4. The van der Waals surface area contributed by atoms with Crippen molar-refractivity contribution in [3.05, 3.63) is 96.6 Å². The highest BCUT2D eigenvalue weighted by Gasteiger charge is 2.03. The van der Waals surface area contributed by atoms with E-state index >= 15 is 0 Å². The zero-order valence-electron chi connectivity index (χ0n) is 14.7. The molecule has 27 heavy (non-hydrogen) atoms. The van der Waals surface area contributed by atoms with E-state index in [9.17, 15) is 4.79 Å². The molecule has 4 aromatic rings. The van der Waals surface area contributed by atoms with Gasteiger partial charge in [0, 0.05) is 6.42 Å². The fourth-order valence-electron chi connectivity index (χ4n) is 2.90. The molecule has 3 nitrogen and oxygen atoms in total. The van der Waals surface area contributed by atoms with Crippen molar-refractivity contribution in [2.24, 2.45) is 0 Å². The molecule has 0 saturated carbocycles. The van der Waals surface area contributed by atoms with Crippen LogP contribution in [0.25, 0.3) is 10.8 Å². The number of para-hydroxylation sites is 1. The molecule has 0 unspecified atom stereocenters. The van der Waals surface area contributed by atoms with Crippen molar-refractivity contribution in [1.82, 2.24) is 0 Å². The molecule has 0 spiro atoms. The summed E-state index contributed by atoms with van der Waals surface area (Å²) in [6, 6.07) is 29.1. The van der Waals surface area contributed by atoms with Crippen LogP contribution in [0.1, 0.15) is 5.56 Å². The van der Waals surface area contributed by atoms with Crippen LogP contribution in [0.5, 0.6) is 23.0 Å². The highest BCUT2D eigenvalue weighted by atomic mass is 16.5. The Kier molecular flexibility index (Phi) is 4.84. The van der Waals surface area contributed by atoms with Crippen molar-refractivity contribution < 1.29 is 14.3 Å². The van der Waals surface area contributed by atoms with Gasteiger partial charge in [-0.25, -0.2) is 0 Å². The van der Waals surface area contributed by atoms with E-state index < -0.39 is 0 Å². The molecule has 4 rings (SSSR count). The average Bonchev–Trinajstić information content (AvgIpc) is 2.71. The normalized spacial score (nSPS) is 10.5. The van der Waals surface area contributed by atoms with Gasteiger partial charge in [-0.05, 0) is 64.9 Å². The van der Waals surface area contributed by atoms with Crippen LogP contribution < -0.4 is 9.47 Å². The summed E-state index contributed by atoms with van der Waals surface area (Å²) < 4.78 is 11.7.